The predicted octanol–water partition coefficient (Wildman–Crippen LogP) is 3.48. The predicted molar refractivity (Wildman–Crippen MR) is 129 cm³/mol. The summed E-state index contributed by atoms with van der Waals surface area (Å²) in [5, 5.41) is 12.5. The van der Waals surface area contributed by atoms with Crippen LogP contribution >= 0.6 is 22.6 Å². The van der Waals surface area contributed by atoms with Gasteiger partial charge in [-0.3, -0.25) is 9.44 Å². The largest absolute Gasteiger partial charge is 0.455 e. The Morgan fingerprint density at radius 3 is 2.06 bits per heavy atom. The lowest BCUT2D eigenvalue weighted by Gasteiger charge is -2.18. The van der Waals surface area contributed by atoms with Crippen LogP contribution in [0.4, 0.5) is 35.9 Å². The number of hydrogen-bond donors (Lipinski definition) is 5. The van der Waals surface area contributed by atoms with Gasteiger partial charge in [0.15, 0.2) is 5.75 Å². The zero-order valence-electron chi connectivity index (χ0n) is 16.6. The summed E-state index contributed by atoms with van der Waals surface area (Å²) >= 11 is 1.88. The van der Waals surface area contributed by atoms with Crippen LogP contribution in [0.1, 0.15) is 0 Å². The van der Waals surface area contributed by atoms with E-state index in [-0.39, 0.29) is 17.1 Å². The highest BCUT2D eigenvalue weighted by atomic mass is 127. The number of halogens is 4. The van der Waals surface area contributed by atoms with Crippen molar-refractivity contribution in [1.29, 1.82) is 0 Å². The van der Waals surface area contributed by atoms with Gasteiger partial charge in [-0.05, 0) is 59.0 Å². The van der Waals surface area contributed by atoms with Crippen molar-refractivity contribution in [1.82, 2.24) is 0 Å². The van der Waals surface area contributed by atoms with Crippen molar-refractivity contribution in [3.63, 3.8) is 0 Å². The van der Waals surface area contributed by atoms with Crippen LogP contribution < -0.4 is 29.8 Å². The molecule has 7 N–H and O–H groups in total. The highest BCUT2D eigenvalue weighted by Gasteiger charge is 2.19. The summed E-state index contributed by atoms with van der Waals surface area (Å²) in [7, 11) is -8.77. The van der Waals surface area contributed by atoms with Gasteiger partial charge in [0.2, 0.25) is 0 Å². The van der Waals surface area contributed by atoms with E-state index in [0.29, 0.717) is 3.57 Å². The SMILES string of the molecule is NS(=O)(=O)Nc1cc(Oc2cc(F)cc(Nc3ccc(I)cc3F)c2NS(N)(=O)=O)ccc1F. The Bertz CT molecular complexity index is 1470. The lowest BCUT2D eigenvalue weighted by molar-refractivity contribution is 0.478. The maximum atomic E-state index is 14.4. The van der Waals surface area contributed by atoms with Gasteiger partial charge in [0.05, 0.1) is 17.1 Å². The molecule has 0 saturated carbocycles. The summed E-state index contributed by atoms with van der Waals surface area (Å²) in [6.45, 7) is 0. The van der Waals surface area contributed by atoms with Crippen LogP contribution in [-0.2, 0) is 20.4 Å². The molecular formula is C18H15F3IN5O5S2. The molecule has 0 bridgehead atoms. The molecule has 0 aliphatic rings. The van der Waals surface area contributed by atoms with Gasteiger partial charge in [-0.25, -0.2) is 23.4 Å². The fraction of sp³-hybridized carbons (Fsp3) is 0. The van der Waals surface area contributed by atoms with Crippen molar-refractivity contribution in [3.8, 4) is 11.5 Å². The van der Waals surface area contributed by atoms with Crippen LogP contribution in [0.2, 0.25) is 0 Å². The summed E-state index contributed by atoms with van der Waals surface area (Å²) in [6.07, 6.45) is 0. The monoisotopic (exact) mass is 629 g/mol. The van der Waals surface area contributed by atoms with E-state index in [1.54, 1.807) is 10.8 Å². The summed E-state index contributed by atoms with van der Waals surface area (Å²) in [5.74, 6) is -3.33. The van der Waals surface area contributed by atoms with Crippen molar-refractivity contribution in [2.45, 2.75) is 0 Å². The zero-order chi connectivity index (χ0) is 25.3. The van der Waals surface area contributed by atoms with E-state index in [0.717, 1.165) is 30.3 Å². The first-order chi connectivity index (χ1) is 15.7. The van der Waals surface area contributed by atoms with Crippen molar-refractivity contribution >= 4 is 65.8 Å². The Morgan fingerprint density at radius 1 is 0.765 bits per heavy atom. The van der Waals surface area contributed by atoms with Gasteiger partial charge in [-0.2, -0.15) is 16.8 Å². The summed E-state index contributed by atoms with van der Waals surface area (Å²) in [5.41, 5.74) is -1.38. The molecule has 0 aliphatic heterocycles. The maximum absolute atomic E-state index is 14.4. The van der Waals surface area contributed by atoms with E-state index in [9.17, 15) is 30.0 Å². The van der Waals surface area contributed by atoms with Crippen molar-refractivity contribution in [2.24, 2.45) is 10.3 Å². The minimum Gasteiger partial charge on any atom is -0.455 e. The minimum atomic E-state index is -4.43. The molecule has 16 heteroatoms. The first-order valence-corrected chi connectivity index (χ1v) is 13.0. The van der Waals surface area contributed by atoms with Crippen molar-refractivity contribution in [2.75, 3.05) is 14.8 Å². The van der Waals surface area contributed by atoms with Gasteiger partial charge < -0.3 is 10.1 Å². The number of anilines is 4. The Morgan fingerprint density at radius 2 is 1.44 bits per heavy atom. The topological polar surface area (TPSA) is 166 Å². The molecule has 0 atom stereocenters. The standard InChI is InChI=1S/C18H15F3IN5O5S2/c19-9-5-16(25-14-4-1-10(22)7-13(14)21)18(27-34(24,30)31)17(6-9)32-11-2-3-12(20)15(8-11)26-33(23,28)29/h1-8,25-27H,(H2,23,28,29)(H2,24,30,31). The molecule has 0 amide bonds. The molecule has 0 fully saturated rings. The lowest BCUT2D eigenvalue weighted by Crippen LogP contribution is -2.23. The van der Waals surface area contributed by atoms with Gasteiger partial charge >= 0.3 is 0 Å². The molecule has 0 heterocycles. The van der Waals surface area contributed by atoms with Crippen LogP contribution in [0.15, 0.2) is 48.5 Å². The second kappa shape index (κ2) is 9.82. The first kappa shape index (κ1) is 25.8. The normalized spacial score (nSPS) is 11.7. The van der Waals surface area contributed by atoms with E-state index >= 15 is 0 Å². The zero-order valence-corrected chi connectivity index (χ0v) is 20.4. The average molecular weight is 629 g/mol. The van der Waals surface area contributed by atoms with E-state index in [1.807, 2.05) is 27.3 Å². The third-order valence-corrected chi connectivity index (χ3v) is 5.59. The summed E-state index contributed by atoms with van der Waals surface area (Å²) < 4.78 is 98.3. The fourth-order valence-corrected chi connectivity index (χ4v) is 4.08. The number of ether oxygens (including phenoxy) is 1. The second-order valence-corrected chi connectivity index (χ2v) is 10.4. The molecule has 0 aliphatic carbocycles. The molecule has 3 aromatic rings. The quantitative estimate of drug-likeness (QED) is 0.240. The fourth-order valence-electron chi connectivity index (χ4n) is 2.67. The van der Waals surface area contributed by atoms with Crippen LogP contribution in [0.5, 0.6) is 11.5 Å². The Labute approximate surface area is 206 Å². The van der Waals surface area contributed by atoms with Crippen molar-refractivity contribution < 1.29 is 34.7 Å². The molecule has 0 spiro atoms. The maximum Gasteiger partial charge on any atom is 0.296 e. The third-order valence-electron chi connectivity index (χ3n) is 3.93. The molecule has 3 aromatic carbocycles. The molecular weight excluding hydrogens is 614 g/mol. The highest BCUT2D eigenvalue weighted by Crippen LogP contribution is 2.40. The highest BCUT2D eigenvalue weighted by molar-refractivity contribution is 14.1. The number of benzene rings is 3. The average Bonchev–Trinajstić information content (AvgIpc) is 2.67. The Kier molecular flexibility index (Phi) is 7.46. The summed E-state index contributed by atoms with van der Waals surface area (Å²) in [6, 6.07) is 8.48. The van der Waals surface area contributed by atoms with Gasteiger partial charge in [0.25, 0.3) is 20.4 Å². The summed E-state index contributed by atoms with van der Waals surface area (Å²) in [4.78, 5) is 0. The van der Waals surface area contributed by atoms with E-state index in [1.165, 1.54) is 12.1 Å². The van der Waals surface area contributed by atoms with E-state index in [2.05, 4.69) is 5.32 Å². The lowest BCUT2D eigenvalue weighted by atomic mass is 10.2. The number of rotatable bonds is 8. The Hall–Kier alpha value is -2.80. The smallest absolute Gasteiger partial charge is 0.296 e. The van der Waals surface area contributed by atoms with Gasteiger partial charge in [0.1, 0.15) is 28.9 Å². The minimum absolute atomic E-state index is 0.115. The molecule has 34 heavy (non-hydrogen) atoms. The van der Waals surface area contributed by atoms with Crippen LogP contribution in [-0.4, -0.2) is 16.8 Å². The first-order valence-electron chi connectivity index (χ1n) is 8.84. The number of nitrogens with one attached hydrogen (secondary N) is 3. The van der Waals surface area contributed by atoms with Crippen LogP contribution in [0.3, 0.4) is 0 Å². The number of hydrogen-bond acceptors (Lipinski definition) is 6. The van der Waals surface area contributed by atoms with Gasteiger partial charge in [-0.15, -0.1) is 0 Å². The second-order valence-electron chi connectivity index (χ2n) is 6.61. The van der Waals surface area contributed by atoms with Gasteiger partial charge in [0, 0.05) is 15.7 Å². The van der Waals surface area contributed by atoms with Crippen LogP contribution in [0, 0.1) is 21.0 Å². The third kappa shape index (κ3) is 7.10. The van der Waals surface area contributed by atoms with Crippen LogP contribution in [0.25, 0.3) is 0 Å². The Balaban J connectivity index is 2.09. The molecule has 0 unspecified atom stereocenters. The van der Waals surface area contributed by atoms with Crippen molar-refractivity contribution in [3.05, 3.63) is 69.6 Å². The molecule has 0 aromatic heterocycles. The molecule has 10 nitrogen and oxygen atoms in total. The van der Waals surface area contributed by atoms with E-state index in [4.69, 9.17) is 15.0 Å². The molecule has 0 saturated heterocycles. The molecule has 3 rings (SSSR count). The van der Waals surface area contributed by atoms with E-state index < -0.39 is 55.0 Å². The number of nitrogens with two attached hydrogens (primary N) is 2. The van der Waals surface area contributed by atoms with Gasteiger partial charge in [-0.1, -0.05) is 0 Å². The molecule has 0 radical (unpaired) electrons. The molecule has 182 valence electrons.